The quantitative estimate of drug-likeness (QED) is 0.502. The average Bonchev–Trinajstić information content (AvgIpc) is 2.79. The van der Waals surface area contributed by atoms with E-state index in [-0.39, 0.29) is 11.9 Å². The maximum absolute atomic E-state index is 12.7. The van der Waals surface area contributed by atoms with Crippen LogP contribution in [0.15, 0.2) is 24.3 Å². The Morgan fingerprint density at radius 2 is 1.94 bits per heavy atom. The first-order valence-corrected chi connectivity index (χ1v) is 10.4. The number of nitrogens with zero attached hydrogens (tertiary/aromatic N) is 4. The normalized spacial score (nSPS) is 15.3. The van der Waals surface area contributed by atoms with Crippen LogP contribution in [0.25, 0.3) is 11.0 Å². The van der Waals surface area contributed by atoms with E-state index in [0.29, 0.717) is 68.2 Å². The van der Waals surface area contributed by atoms with Gasteiger partial charge in [0.05, 0.1) is 36.2 Å². The molecule has 1 aromatic carbocycles. The van der Waals surface area contributed by atoms with Crippen LogP contribution in [0.4, 0.5) is 5.82 Å². The van der Waals surface area contributed by atoms with Crippen molar-refractivity contribution in [3.63, 3.8) is 0 Å². The third kappa shape index (κ3) is 5.27. The van der Waals surface area contributed by atoms with Gasteiger partial charge in [-0.2, -0.15) is 5.26 Å². The Hall–Kier alpha value is -3.25. The number of piperidine rings is 1. The number of carbonyl (C=O) groups excluding carboxylic acids is 2. The Morgan fingerprint density at radius 1 is 1.26 bits per heavy atom. The summed E-state index contributed by atoms with van der Waals surface area (Å²) in [6, 6.07) is 9.44. The number of nitrogens with one attached hydrogen (secondary N) is 1. The lowest BCUT2D eigenvalue weighted by atomic mass is 9.96. The summed E-state index contributed by atoms with van der Waals surface area (Å²) < 4.78 is 10.1. The number of aromatic nitrogens is 2. The zero-order valence-corrected chi connectivity index (χ0v) is 17.8. The fourth-order valence-corrected chi connectivity index (χ4v) is 3.64. The Morgan fingerprint density at radius 3 is 2.55 bits per heavy atom. The minimum absolute atomic E-state index is 0.155. The molecule has 0 bridgehead atoms. The molecule has 3 rings (SSSR count). The molecule has 164 valence electrons. The lowest BCUT2D eigenvalue weighted by Gasteiger charge is -2.33. The molecule has 2 heterocycles. The molecule has 9 nitrogen and oxygen atoms in total. The Bertz CT molecular complexity index is 966. The second kappa shape index (κ2) is 10.7. The van der Waals surface area contributed by atoms with Crippen molar-refractivity contribution in [2.45, 2.75) is 25.7 Å². The molecule has 1 fully saturated rings. The first-order chi connectivity index (χ1) is 15.1. The zero-order chi connectivity index (χ0) is 22.2. The molecule has 1 amide bonds. The summed E-state index contributed by atoms with van der Waals surface area (Å²) >= 11 is 0. The highest BCUT2D eigenvalue weighted by Gasteiger charge is 2.32. The number of benzene rings is 1. The average molecular weight is 425 g/mol. The van der Waals surface area contributed by atoms with E-state index in [1.165, 1.54) is 0 Å². The second-order valence-corrected chi connectivity index (χ2v) is 7.28. The van der Waals surface area contributed by atoms with Gasteiger partial charge in [-0.25, -0.2) is 9.97 Å². The Balaban J connectivity index is 1.90. The van der Waals surface area contributed by atoms with Gasteiger partial charge in [-0.3, -0.25) is 9.59 Å². The smallest absolute Gasteiger partial charge is 0.309 e. The van der Waals surface area contributed by atoms with Gasteiger partial charge >= 0.3 is 5.97 Å². The minimum Gasteiger partial charge on any atom is -0.466 e. The number of amides is 1. The van der Waals surface area contributed by atoms with Crippen LogP contribution in [-0.4, -0.2) is 61.8 Å². The van der Waals surface area contributed by atoms with Gasteiger partial charge in [-0.15, -0.1) is 0 Å². The zero-order valence-electron chi connectivity index (χ0n) is 17.8. The van der Waals surface area contributed by atoms with Gasteiger partial charge in [0.25, 0.3) is 0 Å². The molecule has 0 spiro atoms. The first-order valence-electron chi connectivity index (χ1n) is 10.4. The lowest BCUT2D eigenvalue weighted by Crippen LogP contribution is -2.39. The van der Waals surface area contributed by atoms with E-state index >= 15 is 0 Å². The SMILES string of the molecule is CCOC(=O)C1CCN(c2nc3ccccc3nc2[C@@H](C#N)C(=O)NCCOC)CC1. The minimum atomic E-state index is -1.10. The number of nitriles is 1. The summed E-state index contributed by atoms with van der Waals surface area (Å²) in [6.07, 6.45) is 1.23. The molecule has 1 aromatic heterocycles. The van der Waals surface area contributed by atoms with E-state index < -0.39 is 11.8 Å². The molecule has 0 radical (unpaired) electrons. The maximum Gasteiger partial charge on any atom is 0.309 e. The number of anilines is 1. The van der Waals surface area contributed by atoms with Crippen LogP contribution in [0.1, 0.15) is 31.4 Å². The fourth-order valence-electron chi connectivity index (χ4n) is 3.64. The van der Waals surface area contributed by atoms with Crippen LogP contribution >= 0.6 is 0 Å². The molecule has 2 aromatic rings. The van der Waals surface area contributed by atoms with Crippen molar-refractivity contribution in [2.75, 3.05) is 44.9 Å². The topological polar surface area (TPSA) is 117 Å². The van der Waals surface area contributed by atoms with Crippen molar-refractivity contribution in [3.05, 3.63) is 30.0 Å². The molecule has 1 aliphatic heterocycles. The molecule has 0 unspecified atom stereocenters. The van der Waals surface area contributed by atoms with Crippen LogP contribution < -0.4 is 10.2 Å². The van der Waals surface area contributed by atoms with Gasteiger partial charge in [-0.05, 0) is 31.9 Å². The number of fused-ring (bicyclic) bond motifs is 1. The third-order valence-electron chi connectivity index (χ3n) is 5.26. The van der Waals surface area contributed by atoms with E-state index in [1.54, 1.807) is 20.1 Å². The van der Waals surface area contributed by atoms with Crippen molar-refractivity contribution < 1.29 is 19.1 Å². The number of hydrogen-bond acceptors (Lipinski definition) is 8. The third-order valence-corrected chi connectivity index (χ3v) is 5.26. The number of carbonyl (C=O) groups is 2. The van der Waals surface area contributed by atoms with Crippen LogP contribution in [-0.2, 0) is 19.1 Å². The molecule has 1 saturated heterocycles. The molecule has 31 heavy (non-hydrogen) atoms. The van der Waals surface area contributed by atoms with Crippen molar-refractivity contribution in [1.29, 1.82) is 5.26 Å². The number of esters is 1. The summed E-state index contributed by atoms with van der Waals surface area (Å²) in [5, 5.41) is 12.5. The van der Waals surface area contributed by atoms with Crippen molar-refractivity contribution in [1.82, 2.24) is 15.3 Å². The predicted octanol–water partition coefficient (Wildman–Crippen LogP) is 1.78. The van der Waals surface area contributed by atoms with Crippen molar-refractivity contribution >= 4 is 28.7 Å². The second-order valence-electron chi connectivity index (χ2n) is 7.28. The Kier molecular flexibility index (Phi) is 7.73. The summed E-state index contributed by atoms with van der Waals surface area (Å²) in [5.74, 6) is -1.37. The largest absolute Gasteiger partial charge is 0.466 e. The number of hydrogen-bond donors (Lipinski definition) is 1. The number of rotatable bonds is 8. The van der Waals surface area contributed by atoms with E-state index in [9.17, 15) is 14.9 Å². The predicted molar refractivity (Wildman–Crippen MR) is 114 cm³/mol. The van der Waals surface area contributed by atoms with Gasteiger partial charge in [0, 0.05) is 26.7 Å². The lowest BCUT2D eigenvalue weighted by molar-refractivity contribution is -0.148. The van der Waals surface area contributed by atoms with Gasteiger partial charge < -0.3 is 19.7 Å². The molecule has 0 saturated carbocycles. The Labute approximate surface area is 181 Å². The molecular formula is C22H27N5O4. The number of para-hydroxylation sites is 2. The van der Waals surface area contributed by atoms with Gasteiger partial charge in [0.15, 0.2) is 11.7 Å². The van der Waals surface area contributed by atoms with Crippen LogP contribution in [0.2, 0.25) is 0 Å². The summed E-state index contributed by atoms with van der Waals surface area (Å²) in [6.45, 7) is 3.93. The maximum atomic E-state index is 12.7. The molecule has 1 N–H and O–H groups in total. The summed E-state index contributed by atoms with van der Waals surface area (Å²) in [7, 11) is 1.54. The monoisotopic (exact) mass is 425 g/mol. The summed E-state index contributed by atoms with van der Waals surface area (Å²) in [5.41, 5.74) is 1.63. The first kappa shape index (κ1) is 22.4. The molecule has 1 atom stereocenters. The van der Waals surface area contributed by atoms with Crippen LogP contribution in [0.3, 0.4) is 0 Å². The highest BCUT2D eigenvalue weighted by atomic mass is 16.5. The van der Waals surface area contributed by atoms with Crippen molar-refractivity contribution in [2.24, 2.45) is 5.92 Å². The highest BCUT2D eigenvalue weighted by molar-refractivity contribution is 5.89. The van der Waals surface area contributed by atoms with E-state index in [2.05, 4.69) is 16.4 Å². The van der Waals surface area contributed by atoms with Gasteiger partial charge in [0.1, 0.15) is 5.69 Å². The highest BCUT2D eigenvalue weighted by Crippen LogP contribution is 2.30. The standard InChI is InChI=1S/C22H27N5O4/c1-3-31-22(29)15-8-11-27(12-9-15)20-19(16(14-23)21(28)24-10-13-30-2)25-17-6-4-5-7-18(17)26-20/h4-7,15-16H,3,8-13H2,1-2H3,(H,24,28)/t16-/m1/s1. The molecule has 0 aliphatic carbocycles. The number of methoxy groups -OCH3 is 1. The summed E-state index contributed by atoms with van der Waals surface area (Å²) in [4.78, 5) is 36.2. The van der Waals surface area contributed by atoms with E-state index in [0.717, 1.165) is 0 Å². The molecule has 9 heteroatoms. The van der Waals surface area contributed by atoms with E-state index in [1.807, 2.05) is 23.1 Å². The fraction of sp³-hybridized carbons (Fsp3) is 0.500. The van der Waals surface area contributed by atoms with Gasteiger partial charge in [-0.1, -0.05) is 12.1 Å². The van der Waals surface area contributed by atoms with Crippen molar-refractivity contribution in [3.8, 4) is 6.07 Å². The van der Waals surface area contributed by atoms with Crippen LogP contribution in [0.5, 0.6) is 0 Å². The number of ether oxygens (including phenoxy) is 2. The van der Waals surface area contributed by atoms with Crippen LogP contribution in [0, 0.1) is 17.2 Å². The van der Waals surface area contributed by atoms with Gasteiger partial charge in [0.2, 0.25) is 5.91 Å². The molecular weight excluding hydrogens is 398 g/mol. The molecule has 1 aliphatic rings. The van der Waals surface area contributed by atoms with E-state index in [4.69, 9.17) is 14.5 Å².